The molecule has 0 aliphatic heterocycles. The van der Waals surface area contributed by atoms with Crippen molar-refractivity contribution in [2.24, 2.45) is 0 Å². The quantitative estimate of drug-likeness (QED) is 0.871. The van der Waals surface area contributed by atoms with Crippen LogP contribution in [0.1, 0.15) is 26.5 Å². The topological polar surface area (TPSA) is 40.5 Å². The minimum absolute atomic E-state index is 0.0580. The number of aryl methyl sites for hydroxylation is 1. The fourth-order valence-corrected chi connectivity index (χ4v) is 2.48. The molecule has 1 rings (SSSR count). The van der Waals surface area contributed by atoms with E-state index in [4.69, 9.17) is 5.11 Å². The van der Waals surface area contributed by atoms with E-state index in [9.17, 15) is 18.0 Å². The van der Waals surface area contributed by atoms with Gasteiger partial charge in [-0.1, -0.05) is 11.8 Å². The van der Waals surface area contributed by atoms with Crippen LogP contribution >= 0.6 is 11.3 Å². The van der Waals surface area contributed by atoms with Gasteiger partial charge in [0.05, 0.1) is 16.4 Å². The van der Waals surface area contributed by atoms with E-state index in [0.717, 1.165) is 23.9 Å². The van der Waals surface area contributed by atoms with E-state index in [-0.39, 0.29) is 11.5 Å². The molecule has 0 radical (unpaired) electrons. The normalized spacial score (nSPS) is 10.9. The Morgan fingerprint density at radius 1 is 1.50 bits per heavy atom. The van der Waals surface area contributed by atoms with Crippen LogP contribution in [0.25, 0.3) is 0 Å². The highest BCUT2D eigenvalue weighted by atomic mass is 32.1. The van der Waals surface area contributed by atoms with E-state index in [1.807, 2.05) is 0 Å². The standard InChI is InChI=1S/C13H14F3NO2S/c1-9-7-11(20-10(9)5-3-4-6-18)12(19)17(2)8-13(14,15)16/h7,18H,4,6,8H2,1-2H3. The van der Waals surface area contributed by atoms with E-state index in [0.29, 0.717) is 16.2 Å². The van der Waals surface area contributed by atoms with Crippen LogP contribution in [-0.2, 0) is 0 Å². The lowest BCUT2D eigenvalue weighted by atomic mass is 10.2. The average molecular weight is 305 g/mol. The first-order valence-electron chi connectivity index (χ1n) is 5.77. The minimum atomic E-state index is -4.42. The van der Waals surface area contributed by atoms with Gasteiger partial charge in [0.25, 0.3) is 5.91 Å². The smallest absolute Gasteiger partial charge is 0.395 e. The first kappa shape index (κ1) is 16.5. The van der Waals surface area contributed by atoms with Crippen LogP contribution in [0.4, 0.5) is 13.2 Å². The lowest BCUT2D eigenvalue weighted by molar-refractivity contribution is -0.138. The van der Waals surface area contributed by atoms with Crippen molar-refractivity contribution in [1.82, 2.24) is 4.90 Å². The summed E-state index contributed by atoms with van der Waals surface area (Å²) in [7, 11) is 1.11. The summed E-state index contributed by atoms with van der Waals surface area (Å²) in [5.41, 5.74) is 0.740. The summed E-state index contributed by atoms with van der Waals surface area (Å²) in [5.74, 6) is 4.83. The number of hydrogen-bond acceptors (Lipinski definition) is 3. The summed E-state index contributed by atoms with van der Waals surface area (Å²) in [5, 5.41) is 8.62. The molecule has 0 atom stereocenters. The van der Waals surface area contributed by atoms with Crippen molar-refractivity contribution in [3.63, 3.8) is 0 Å². The second-order valence-corrected chi connectivity index (χ2v) is 5.23. The van der Waals surface area contributed by atoms with Gasteiger partial charge in [0.15, 0.2) is 0 Å². The first-order valence-corrected chi connectivity index (χ1v) is 6.58. The van der Waals surface area contributed by atoms with Gasteiger partial charge < -0.3 is 10.0 Å². The number of halogens is 3. The number of hydrogen-bond donors (Lipinski definition) is 1. The summed E-state index contributed by atoms with van der Waals surface area (Å²) in [4.78, 5) is 13.4. The number of rotatable bonds is 3. The highest BCUT2D eigenvalue weighted by Gasteiger charge is 2.32. The molecule has 0 saturated heterocycles. The molecule has 0 bridgehead atoms. The Hall–Kier alpha value is -1.52. The largest absolute Gasteiger partial charge is 0.406 e. The minimum Gasteiger partial charge on any atom is -0.395 e. The highest BCUT2D eigenvalue weighted by Crippen LogP contribution is 2.23. The molecular formula is C13H14F3NO2S. The van der Waals surface area contributed by atoms with Crippen LogP contribution in [0.15, 0.2) is 6.07 Å². The van der Waals surface area contributed by atoms with Crippen molar-refractivity contribution >= 4 is 17.2 Å². The van der Waals surface area contributed by atoms with Gasteiger partial charge in [-0.05, 0) is 18.6 Å². The number of nitrogens with zero attached hydrogens (tertiary/aromatic N) is 1. The van der Waals surface area contributed by atoms with Gasteiger partial charge in [-0.15, -0.1) is 11.3 Å². The number of aliphatic hydroxyl groups excluding tert-OH is 1. The molecule has 0 aliphatic carbocycles. The predicted molar refractivity (Wildman–Crippen MR) is 70.7 cm³/mol. The zero-order valence-electron chi connectivity index (χ0n) is 11.0. The van der Waals surface area contributed by atoms with Gasteiger partial charge in [0.1, 0.15) is 6.54 Å². The zero-order valence-corrected chi connectivity index (χ0v) is 11.9. The molecule has 0 unspecified atom stereocenters. The molecule has 0 spiro atoms. The Bertz CT molecular complexity index is 540. The monoisotopic (exact) mass is 305 g/mol. The van der Waals surface area contributed by atoms with E-state index < -0.39 is 18.6 Å². The maximum atomic E-state index is 12.2. The van der Waals surface area contributed by atoms with Gasteiger partial charge in [-0.3, -0.25) is 4.79 Å². The lowest BCUT2D eigenvalue weighted by Gasteiger charge is -2.17. The highest BCUT2D eigenvalue weighted by molar-refractivity contribution is 7.14. The number of carbonyl (C=O) groups is 1. The number of amides is 1. The van der Waals surface area contributed by atoms with Gasteiger partial charge in [-0.2, -0.15) is 13.2 Å². The molecule has 0 saturated carbocycles. The van der Waals surface area contributed by atoms with Crippen LogP contribution in [0, 0.1) is 18.8 Å². The summed E-state index contributed by atoms with van der Waals surface area (Å²) < 4.78 is 36.7. The third-order valence-corrected chi connectivity index (χ3v) is 3.47. The van der Waals surface area contributed by atoms with E-state index in [1.54, 1.807) is 6.92 Å². The number of carbonyl (C=O) groups excluding carboxylic acids is 1. The average Bonchev–Trinajstić information content (AvgIpc) is 2.68. The summed E-state index contributed by atoms with van der Waals surface area (Å²) in [6.45, 7) is 0.395. The summed E-state index contributed by atoms with van der Waals surface area (Å²) in [6.07, 6.45) is -4.10. The SMILES string of the molecule is Cc1cc(C(=O)N(C)CC(F)(F)F)sc1C#CCCO. The molecule has 0 aliphatic rings. The molecule has 1 heterocycles. The van der Waals surface area contributed by atoms with Crippen molar-refractivity contribution < 1.29 is 23.1 Å². The van der Waals surface area contributed by atoms with Crippen LogP contribution in [0.3, 0.4) is 0 Å². The third kappa shape index (κ3) is 4.87. The van der Waals surface area contributed by atoms with Crippen LogP contribution in [-0.4, -0.2) is 42.3 Å². The van der Waals surface area contributed by atoms with Crippen molar-refractivity contribution in [3.05, 3.63) is 21.4 Å². The molecule has 7 heteroatoms. The zero-order chi connectivity index (χ0) is 15.3. The maximum absolute atomic E-state index is 12.2. The van der Waals surface area contributed by atoms with Crippen molar-refractivity contribution in [2.45, 2.75) is 19.5 Å². The van der Waals surface area contributed by atoms with E-state index >= 15 is 0 Å². The Labute approximate surface area is 119 Å². The fraction of sp³-hybridized carbons (Fsp3) is 0.462. The Morgan fingerprint density at radius 3 is 2.70 bits per heavy atom. The van der Waals surface area contributed by atoms with Crippen molar-refractivity contribution in [1.29, 1.82) is 0 Å². The molecule has 0 fully saturated rings. The molecule has 20 heavy (non-hydrogen) atoms. The summed E-state index contributed by atoms with van der Waals surface area (Å²) >= 11 is 1.06. The molecule has 110 valence electrons. The van der Waals surface area contributed by atoms with E-state index in [2.05, 4.69) is 11.8 Å². The van der Waals surface area contributed by atoms with Crippen molar-refractivity contribution in [3.8, 4) is 11.8 Å². The number of alkyl halides is 3. The molecule has 1 N–H and O–H groups in total. The summed E-state index contributed by atoms with van der Waals surface area (Å²) in [6, 6.07) is 1.53. The van der Waals surface area contributed by atoms with Gasteiger partial charge in [-0.25, -0.2) is 0 Å². The van der Waals surface area contributed by atoms with Crippen LogP contribution in [0.5, 0.6) is 0 Å². The third-order valence-electron chi connectivity index (χ3n) is 2.33. The Balaban J connectivity index is 2.85. The number of aliphatic hydroxyl groups is 1. The molecular weight excluding hydrogens is 291 g/mol. The van der Waals surface area contributed by atoms with Gasteiger partial charge >= 0.3 is 6.18 Å². The number of thiophene rings is 1. The lowest BCUT2D eigenvalue weighted by Crippen LogP contribution is -2.35. The molecule has 0 aromatic carbocycles. The molecule has 1 amide bonds. The Morgan fingerprint density at radius 2 is 2.15 bits per heavy atom. The maximum Gasteiger partial charge on any atom is 0.406 e. The molecule has 1 aromatic rings. The van der Waals surface area contributed by atoms with Gasteiger partial charge in [0.2, 0.25) is 0 Å². The Kier molecular flexibility index (Phi) is 5.60. The molecule has 1 aromatic heterocycles. The van der Waals surface area contributed by atoms with Crippen molar-refractivity contribution in [2.75, 3.05) is 20.2 Å². The van der Waals surface area contributed by atoms with Crippen LogP contribution in [0.2, 0.25) is 0 Å². The molecule has 3 nitrogen and oxygen atoms in total. The van der Waals surface area contributed by atoms with Gasteiger partial charge in [0, 0.05) is 13.5 Å². The second-order valence-electron chi connectivity index (χ2n) is 4.17. The van der Waals surface area contributed by atoms with E-state index in [1.165, 1.54) is 6.07 Å². The first-order chi connectivity index (χ1) is 9.24. The van der Waals surface area contributed by atoms with Crippen LogP contribution < -0.4 is 0 Å². The predicted octanol–water partition coefficient (Wildman–Crippen LogP) is 2.42. The second kappa shape index (κ2) is 6.77. The fourth-order valence-electron chi connectivity index (χ4n) is 1.44.